The molecule has 2 N–H and O–H groups in total. The minimum absolute atomic E-state index is 0.0941. The van der Waals surface area contributed by atoms with E-state index in [2.05, 4.69) is 9.72 Å². The Balaban J connectivity index is 2.09. The Kier molecular flexibility index (Phi) is 14.2. The predicted octanol–water partition coefficient (Wildman–Crippen LogP) is 2.28. The number of hydrogen-bond donors (Lipinski definition) is 2. The standard InChI is InChI=1S/C26H38N2O13SSi/c1-5-38-43(39-6-2,40-7-3)17-9-8-10-22(29)37-16-15-28-24(30)21(23(27-25(28)31)41-26(32)36-4)18-19-11-13-20(14-12-19)42(33,34)35/h11-14H,5-10,15-18H2,1-4H3,(H,27,31)(H,33,34,35). The number of hydrogen-bond acceptors (Lipinski definition) is 12. The second-order valence-corrected chi connectivity index (χ2v) is 13.1. The summed E-state index contributed by atoms with van der Waals surface area (Å²) in [6, 6.07) is 5.47. The first-order valence-corrected chi connectivity index (χ1v) is 17.0. The van der Waals surface area contributed by atoms with Crippen LogP contribution in [0.4, 0.5) is 4.79 Å². The number of nitrogens with zero attached hydrogens (tertiary/aromatic N) is 1. The molecule has 0 aliphatic rings. The Labute approximate surface area is 250 Å². The summed E-state index contributed by atoms with van der Waals surface area (Å²) in [5.41, 5.74) is -1.51. The van der Waals surface area contributed by atoms with Gasteiger partial charge < -0.3 is 27.5 Å². The zero-order chi connectivity index (χ0) is 32.0. The van der Waals surface area contributed by atoms with E-state index in [4.69, 9.17) is 22.8 Å². The Morgan fingerprint density at radius 1 is 0.977 bits per heavy atom. The number of methoxy groups -OCH3 is 1. The third kappa shape index (κ3) is 11.0. The van der Waals surface area contributed by atoms with Crippen LogP contribution in [0, 0.1) is 0 Å². The number of rotatable bonds is 18. The summed E-state index contributed by atoms with van der Waals surface area (Å²) >= 11 is 0. The van der Waals surface area contributed by atoms with E-state index in [1.165, 1.54) is 12.1 Å². The Morgan fingerprint density at radius 2 is 1.58 bits per heavy atom. The number of benzene rings is 1. The first kappa shape index (κ1) is 35.8. The molecule has 2 rings (SSSR count). The first-order chi connectivity index (χ1) is 20.4. The molecule has 240 valence electrons. The van der Waals surface area contributed by atoms with Crippen LogP contribution in [0.25, 0.3) is 0 Å². The maximum Gasteiger partial charge on any atom is 0.514 e. The topological polar surface area (TPSA) is 199 Å². The fourth-order valence-corrected chi connectivity index (χ4v) is 7.25. The van der Waals surface area contributed by atoms with E-state index in [1.54, 1.807) is 0 Å². The van der Waals surface area contributed by atoms with Gasteiger partial charge in [0, 0.05) is 38.7 Å². The average Bonchev–Trinajstić information content (AvgIpc) is 2.95. The maximum absolute atomic E-state index is 13.3. The Morgan fingerprint density at radius 3 is 2.12 bits per heavy atom. The summed E-state index contributed by atoms with van der Waals surface area (Å²) in [4.78, 5) is 51.9. The van der Waals surface area contributed by atoms with Crippen molar-refractivity contribution in [3.8, 4) is 5.88 Å². The molecule has 0 bridgehead atoms. The molecule has 43 heavy (non-hydrogen) atoms. The lowest BCUT2D eigenvalue weighted by molar-refractivity contribution is -0.144. The van der Waals surface area contributed by atoms with Crippen molar-refractivity contribution in [1.82, 2.24) is 9.55 Å². The molecule has 0 atom stereocenters. The van der Waals surface area contributed by atoms with Crippen molar-refractivity contribution in [2.24, 2.45) is 0 Å². The Bertz CT molecular complexity index is 1420. The van der Waals surface area contributed by atoms with Crippen LogP contribution in [0.2, 0.25) is 6.04 Å². The van der Waals surface area contributed by atoms with Gasteiger partial charge in [0.2, 0.25) is 5.88 Å². The molecule has 1 heterocycles. The first-order valence-electron chi connectivity index (χ1n) is 13.6. The van der Waals surface area contributed by atoms with E-state index >= 15 is 0 Å². The van der Waals surface area contributed by atoms with Gasteiger partial charge in [0.1, 0.15) is 6.61 Å². The smallest absolute Gasteiger partial charge is 0.464 e. The van der Waals surface area contributed by atoms with E-state index in [1.807, 2.05) is 20.8 Å². The highest BCUT2D eigenvalue weighted by Crippen LogP contribution is 2.20. The normalized spacial score (nSPS) is 11.7. The molecule has 0 saturated carbocycles. The van der Waals surface area contributed by atoms with Crippen molar-refractivity contribution in [2.45, 2.75) is 63.9 Å². The number of carbonyl (C=O) groups excluding carboxylic acids is 2. The maximum atomic E-state index is 13.3. The summed E-state index contributed by atoms with van der Waals surface area (Å²) in [5, 5.41) is 0. The Hall–Kier alpha value is -3.35. The molecule has 17 heteroatoms. The van der Waals surface area contributed by atoms with Gasteiger partial charge in [0.15, 0.2) is 0 Å². The van der Waals surface area contributed by atoms with Gasteiger partial charge in [0.05, 0.1) is 24.1 Å². The highest BCUT2D eigenvalue weighted by atomic mass is 32.2. The SMILES string of the molecule is CCO[Si](CCCCC(=O)OCCn1c(=O)[nH]c(OC(=O)OC)c(Cc2ccc(S(=O)(=O)O)cc2)c1=O)(OCC)OCC. The van der Waals surface area contributed by atoms with Crippen LogP contribution in [0.15, 0.2) is 38.8 Å². The summed E-state index contributed by atoms with van der Waals surface area (Å²) < 4.78 is 64.6. The lowest BCUT2D eigenvalue weighted by Gasteiger charge is -2.28. The second kappa shape index (κ2) is 17.1. The summed E-state index contributed by atoms with van der Waals surface area (Å²) in [7, 11) is -6.21. The van der Waals surface area contributed by atoms with Crippen molar-refractivity contribution in [2.75, 3.05) is 33.5 Å². The highest BCUT2D eigenvalue weighted by molar-refractivity contribution is 7.85. The van der Waals surface area contributed by atoms with E-state index in [9.17, 15) is 32.1 Å². The molecule has 1 aromatic carbocycles. The van der Waals surface area contributed by atoms with Crippen molar-refractivity contribution in [1.29, 1.82) is 0 Å². The van der Waals surface area contributed by atoms with Gasteiger partial charge >= 0.3 is 26.6 Å². The molecule has 0 aliphatic carbocycles. The lowest BCUT2D eigenvalue weighted by atomic mass is 10.1. The van der Waals surface area contributed by atoms with E-state index in [0.29, 0.717) is 44.3 Å². The molecule has 0 amide bonds. The molecule has 15 nitrogen and oxygen atoms in total. The van der Waals surface area contributed by atoms with Crippen molar-refractivity contribution >= 4 is 31.0 Å². The molecular formula is C26H38N2O13SSi. The van der Waals surface area contributed by atoms with Crippen LogP contribution in [-0.2, 0) is 50.6 Å². The number of ether oxygens (including phenoxy) is 3. The van der Waals surface area contributed by atoms with Crippen molar-refractivity contribution in [3.05, 3.63) is 56.2 Å². The fourth-order valence-electron chi connectivity index (χ4n) is 4.08. The third-order valence-corrected chi connectivity index (χ3v) is 10.0. The zero-order valence-electron chi connectivity index (χ0n) is 24.6. The van der Waals surface area contributed by atoms with Crippen LogP contribution < -0.4 is 16.0 Å². The number of aromatic nitrogens is 2. The third-order valence-electron chi connectivity index (χ3n) is 5.98. The average molecular weight is 647 g/mol. The minimum atomic E-state index is -4.44. The number of esters is 1. The van der Waals surface area contributed by atoms with Gasteiger partial charge in [-0.15, -0.1) is 0 Å². The minimum Gasteiger partial charge on any atom is -0.464 e. The van der Waals surface area contributed by atoms with Crippen LogP contribution in [0.3, 0.4) is 0 Å². The van der Waals surface area contributed by atoms with E-state index in [0.717, 1.165) is 23.8 Å². The van der Waals surface area contributed by atoms with Gasteiger partial charge in [-0.3, -0.25) is 23.7 Å². The molecule has 2 aromatic rings. The van der Waals surface area contributed by atoms with E-state index in [-0.39, 0.29) is 36.5 Å². The second-order valence-electron chi connectivity index (χ2n) is 8.96. The molecule has 0 saturated heterocycles. The largest absolute Gasteiger partial charge is 0.514 e. The van der Waals surface area contributed by atoms with Gasteiger partial charge in [-0.1, -0.05) is 12.1 Å². The van der Waals surface area contributed by atoms with Crippen molar-refractivity contribution in [3.63, 3.8) is 0 Å². The molecular weight excluding hydrogens is 608 g/mol. The van der Waals surface area contributed by atoms with Crippen LogP contribution in [-0.4, -0.2) is 77.0 Å². The van der Waals surface area contributed by atoms with E-state index < -0.39 is 48.2 Å². The predicted molar refractivity (Wildman–Crippen MR) is 154 cm³/mol. The fraction of sp³-hybridized carbons (Fsp3) is 0.538. The van der Waals surface area contributed by atoms with Crippen molar-refractivity contribution < 1.29 is 50.0 Å². The van der Waals surface area contributed by atoms with Crippen LogP contribution >= 0.6 is 0 Å². The number of H-pyrrole nitrogens is 1. The van der Waals surface area contributed by atoms with Crippen LogP contribution in [0.1, 0.15) is 51.2 Å². The zero-order valence-corrected chi connectivity index (χ0v) is 26.4. The van der Waals surface area contributed by atoms with Gasteiger partial charge in [-0.05, 0) is 51.3 Å². The number of aromatic amines is 1. The number of nitrogens with one attached hydrogen (secondary N) is 1. The molecule has 0 spiro atoms. The molecule has 0 radical (unpaired) electrons. The monoisotopic (exact) mass is 646 g/mol. The van der Waals surface area contributed by atoms with Gasteiger partial charge in [-0.2, -0.15) is 8.42 Å². The summed E-state index contributed by atoms with van der Waals surface area (Å²) in [6.45, 7) is 6.36. The molecule has 0 unspecified atom stereocenters. The quantitative estimate of drug-likeness (QED) is 0.104. The molecule has 0 aliphatic heterocycles. The summed E-state index contributed by atoms with van der Waals surface area (Å²) in [5.74, 6) is -0.981. The van der Waals surface area contributed by atoms with Gasteiger partial charge in [-0.25, -0.2) is 9.59 Å². The number of carbonyl (C=O) groups is 2. The van der Waals surface area contributed by atoms with Crippen LogP contribution in [0.5, 0.6) is 5.88 Å². The molecule has 0 fully saturated rings. The lowest BCUT2D eigenvalue weighted by Crippen LogP contribution is -2.45. The number of unbranched alkanes of at least 4 members (excludes halogenated alkanes) is 1. The highest BCUT2D eigenvalue weighted by Gasteiger charge is 2.39. The summed E-state index contributed by atoms with van der Waals surface area (Å²) in [6.07, 6.45) is -0.188. The van der Waals surface area contributed by atoms with Gasteiger partial charge in [0.25, 0.3) is 15.7 Å². The molecule has 1 aromatic heterocycles.